The molecule has 1 fully saturated rings. The number of ether oxygens (including phenoxy) is 2. The zero-order valence-electron chi connectivity index (χ0n) is 22.8. The van der Waals surface area contributed by atoms with Gasteiger partial charge < -0.3 is 18.8 Å². The molecule has 0 bridgehead atoms. The monoisotopic (exact) mass is 525 g/mol. The van der Waals surface area contributed by atoms with Gasteiger partial charge in [0.1, 0.15) is 29.4 Å². The zero-order valence-corrected chi connectivity index (χ0v) is 22.8. The van der Waals surface area contributed by atoms with Crippen molar-refractivity contribution >= 4 is 11.0 Å². The molecule has 5 heteroatoms. The summed E-state index contributed by atoms with van der Waals surface area (Å²) in [5, 5.41) is 0.558. The van der Waals surface area contributed by atoms with E-state index in [9.17, 15) is 4.79 Å². The molecule has 0 unspecified atom stereocenters. The lowest BCUT2D eigenvalue weighted by molar-refractivity contribution is 0.302. The molecule has 1 aromatic heterocycles. The maximum atomic E-state index is 12.8. The number of nitrogens with zero attached hydrogens (tertiary/aromatic N) is 1. The number of fused-ring (bicyclic) bond motifs is 1. The Morgan fingerprint density at radius 2 is 1.44 bits per heavy atom. The molecule has 1 aliphatic heterocycles. The van der Waals surface area contributed by atoms with Gasteiger partial charge in [-0.2, -0.15) is 0 Å². The van der Waals surface area contributed by atoms with Crippen molar-refractivity contribution in [3.8, 4) is 22.8 Å². The Morgan fingerprint density at radius 3 is 2.23 bits per heavy atom. The number of rotatable bonds is 14. The number of unbranched alkanes of at least 4 members (excludes halogenated alkanes) is 5. The molecule has 39 heavy (non-hydrogen) atoms. The first-order valence-corrected chi connectivity index (χ1v) is 14.4. The van der Waals surface area contributed by atoms with E-state index < -0.39 is 0 Å². The highest BCUT2D eigenvalue weighted by Crippen LogP contribution is 2.27. The fourth-order valence-electron chi connectivity index (χ4n) is 5.16. The Kier molecular flexibility index (Phi) is 9.70. The second kappa shape index (κ2) is 14.0. The van der Waals surface area contributed by atoms with Crippen LogP contribution in [0.15, 0.2) is 88.1 Å². The van der Waals surface area contributed by atoms with Gasteiger partial charge in [0.25, 0.3) is 0 Å². The van der Waals surface area contributed by atoms with Gasteiger partial charge in [-0.1, -0.05) is 56.0 Å². The van der Waals surface area contributed by atoms with Gasteiger partial charge in [-0.05, 0) is 87.3 Å². The number of hydrogen-bond acceptors (Lipinski definition) is 5. The largest absolute Gasteiger partial charge is 0.493 e. The Morgan fingerprint density at radius 1 is 0.718 bits per heavy atom. The van der Waals surface area contributed by atoms with E-state index in [2.05, 4.69) is 4.90 Å². The highest BCUT2D eigenvalue weighted by atomic mass is 16.5. The van der Waals surface area contributed by atoms with Gasteiger partial charge in [0.2, 0.25) is 0 Å². The smallest absolute Gasteiger partial charge is 0.193 e. The molecule has 0 N–H and O–H groups in total. The van der Waals surface area contributed by atoms with Gasteiger partial charge >= 0.3 is 0 Å². The number of likely N-dealkylation sites (tertiary alicyclic amines) is 1. The Balaban J connectivity index is 1.09. The molecule has 0 aliphatic carbocycles. The highest BCUT2D eigenvalue weighted by molar-refractivity contribution is 5.80. The third-order valence-corrected chi connectivity index (χ3v) is 7.42. The summed E-state index contributed by atoms with van der Waals surface area (Å²) in [4.78, 5) is 15.4. The maximum absolute atomic E-state index is 12.8. The standard InChI is InChI=1S/C34H39NO4/c36-32-25-33(28-14-16-29(17-15-28)38-26-27-12-6-5-7-13-27)39-34-24-30(18-19-31(32)34)37-23-11-4-2-1-3-8-20-35-21-9-10-22-35/h5-7,12-19,24-25H,1-4,8-11,20-23,26H2. The lowest BCUT2D eigenvalue weighted by atomic mass is 10.1. The van der Waals surface area contributed by atoms with E-state index in [4.69, 9.17) is 13.9 Å². The Bertz CT molecular complexity index is 1360. The van der Waals surface area contributed by atoms with Crippen LogP contribution in [0.4, 0.5) is 0 Å². The summed E-state index contributed by atoms with van der Waals surface area (Å²) in [6.45, 7) is 5.06. The first-order chi connectivity index (χ1) is 19.2. The summed E-state index contributed by atoms with van der Waals surface area (Å²) in [5.74, 6) is 2.03. The predicted molar refractivity (Wildman–Crippen MR) is 158 cm³/mol. The van der Waals surface area contributed by atoms with E-state index in [0.717, 1.165) is 29.0 Å². The second-order valence-corrected chi connectivity index (χ2v) is 10.5. The summed E-state index contributed by atoms with van der Waals surface area (Å²) >= 11 is 0. The minimum Gasteiger partial charge on any atom is -0.493 e. The molecule has 0 atom stereocenters. The third-order valence-electron chi connectivity index (χ3n) is 7.42. The van der Waals surface area contributed by atoms with E-state index in [0.29, 0.717) is 29.9 Å². The van der Waals surface area contributed by atoms with Crippen LogP contribution in [-0.2, 0) is 6.61 Å². The molecule has 1 aliphatic rings. The van der Waals surface area contributed by atoms with Crippen molar-refractivity contribution in [2.24, 2.45) is 0 Å². The van der Waals surface area contributed by atoms with Gasteiger partial charge in [-0.3, -0.25) is 4.79 Å². The highest BCUT2D eigenvalue weighted by Gasteiger charge is 2.11. The lowest BCUT2D eigenvalue weighted by Crippen LogP contribution is -2.20. The summed E-state index contributed by atoms with van der Waals surface area (Å²) in [7, 11) is 0. The molecule has 204 valence electrons. The van der Waals surface area contributed by atoms with E-state index in [1.54, 1.807) is 12.1 Å². The summed E-state index contributed by atoms with van der Waals surface area (Å²) in [6, 6.07) is 24.7. The summed E-state index contributed by atoms with van der Waals surface area (Å²) < 4.78 is 18.0. The molecule has 4 aromatic rings. The molecule has 3 aromatic carbocycles. The van der Waals surface area contributed by atoms with Crippen LogP contribution in [0.5, 0.6) is 11.5 Å². The molecule has 0 spiro atoms. The molecule has 1 saturated heterocycles. The van der Waals surface area contributed by atoms with Crippen molar-refractivity contribution in [1.29, 1.82) is 0 Å². The van der Waals surface area contributed by atoms with Gasteiger partial charge in [0.15, 0.2) is 5.43 Å². The quantitative estimate of drug-likeness (QED) is 0.157. The average Bonchev–Trinajstić information content (AvgIpc) is 3.49. The van der Waals surface area contributed by atoms with E-state index in [-0.39, 0.29) is 5.43 Å². The van der Waals surface area contributed by atoms with Crippen LogP contribution in [0.2, 0.25) is 0 Å². The molecule has 2 heterocycles. The van der Waals surface area contributed by atoms with Gasteiger partial charge in [-0.25, -0.2) is 0 Å². The van der Waals surface area contributed by atoms with Crippen molar-refractivity contribution in [1.82, 2.24) is 4.90 Å². The third kappa shape index (κ3) is 7.96. The van der Waals surface area contributed by atoms with E-state index in [1.807, 2.05) is 66.7 Å². The topological polar surface area (TPSA) is 51.9 Å². The molecule has 0 saturated carbocycles. The zero-order chi connectivity index (χ0) is 26.7. The molecular formula is C34H39NO4. The number of benzene rings is 3. The van der Waals surface area contributed by atoms with Crippen molar-refractivity contribution < 1.29 is 13.9 Å². The van der Waals surface area contributed by atoms with Crippen LogP contribution in [-0.4, -0.2) is 31.1 Å². The van der Waals surface area contributed by atoms with Crippen LogP contribution < -0.4 is 14.9 Å². The summed E-state index contributed by atoms with van der Waals surface area (Å²) in [6.07, 6.45) is 10.2. The Labute approximate surface area is 231 Å². The minimum atomic E-state index is -0.0630. The maximum Gasteiger partial charge on any atom is 0.193 e. The fraction of sp³-hybridized carbons (Fsp3) is 0.382. The van der Waals surface area contributed by atoms with Gasteiger partial charge in [0, 0.05) is 17.7 Å². The second-order valence-electron chi connectivity index (χ2n) is 10.5. The van der Waals surface area contributed by atoms with E-state index in [1.165, 1.54) is 64.6 Å². The van der Waals surface area contributed by atoms with Gasteiger partial charge in [0.05, 0.1) is 12.0 Å². The molecule has 5 nitrogen and oxygen atoms in total. The summed E-state index contributed by atoms with van der Waals surface area (Å²) in [5.41, 5.74) is 2.42. The van der Waals surface area contributed by atoms with Crippen molar-refractivity contribution in [2.45, 2.75) is 58.0 Å². The van der Waals surface area contributed by atoms with Crippen molar-refractivity contribution in [2.75, 3.05) is 26.2 Å². The Hall–Kier alpha value is -3.57. The molecule has 0 amide bonds. The molecular weight excluding hydrogens is 486 g/mol. The fourth-order valence-corrected chi connectivity index (χ4v) is 5.16. The average molecular weight is 526 g/mol. The van der Waals surface area contributed by atoms with Crippen LogP contribution in [0, 0.1) is 0 Å². The molecule has 5 rings (SSSR count). The van der Waals surface area contributed by atoms with Crippen LogP contribution in [0.1, 0.15) is 56.9 Å². The van der Waals surface area contributed by atoms with Crippen molar-refractivity contribution in [3.05, 3.63) is 94.6 Å². The van der Waals surface area contributed by atoms with Crippen LogP contribution >= 0.6 is 0 Å². The first kappa shape index (κ1) is 27.0. The normalized spacial score (nSPS) is 13.6. The van der Waals surface area contributed by atoms with Crippen LogP contribution in [0.25, 0.3) is 22.3 Å². The van der Waals surface area contributed by atoms with Crippen molar-refractivity contribution in [3.63, 3.8) is 0 Å². The van der Waals surface area contributed by atoms with E-state index >= 15 is 0 Å². The minimum absolute atomic E-state index is 0.0630. The van der Waals surface area contributed by atoms with Crippen LogP contribution in [0.3, 0.4) is 0 Å². The lowest BCUT2D eigenvalue weighted by Gasteiger charge is -2.13. The number of hydrogen-bond donors (Lipinski definition) is 0. The predicted octanol–water partition coefficient (Wildman–Crippen LogP) is 7.85. The SMILES string of the molecule is O=c1cc(-c2ccc(OCc3ccccc3)cc2)oc2cc(OCCCCCCCCN3CCCC3)ccc12. The molecule has 0 radical (unpaired) electrons. The van der Waals surface area contributed by atoms with Gasteiger partial charge in [-0.15, -0.1) is 0 Å². The first-order valence-electron chi connectivity index (χ1n) is 14.4.